The van der Waals surface area contributed by atoms with Crippen molar-refractivity contribution in [3.8, 4) is 0 Å². The van der Waals surface area contributed by atoms with Crippen molar-refractivity contribution in [1.82, 2.24) is 0 Å². The second-order valence-corrected chi connectivity index (χ2v) is 3.14. The summed E-state index contributed by atoms with van der Waals surface area (Å²) in [6, 6.07) is 0. The van der Waals surface area contributed by atoms with Crippen LogP contribution in [0.2, 0.25) is 0 Å². The number of hydrogen-bond acceptors (Lipinski definition) is 4. The molecule has 0 saturated carbocycles. The van der Waals surface area contributed by atoms with Crippen molar-refractivity contribution in [2.45, 2.75) is 13.8 Å². The highest BCUT2D eigenvalue weighted by Crippen LogP contribution is 2.16. The lowest BCUT2D eigenvalue weighted by atomic mass is 9.95. The van der Waals surface area contributed by atoms with Gasteiger partial charge in [0.1, 0.15) is 6.29 Å². The highest BCUT2D eigenvalue weighted by Gasteiger charge is 2.19. The first-order valence-corrected chi connectivity index (χ1v) is 3.78. The van der Waals surface area contributed by atoms with Gasteiger partial charge in [0.2, 0.25) is 5.76 Å². The van der Waals surface area contributed by atoms with E-state index in [0.717, 1.165) is 6.29 Å². The molecule has 0 radical (unpaired) electrons. The number of methoxy groups -OCH3 is 2. The molecule has 0 aliphatic heterocycles. The smallest absolute Gasteiger partial charge is 0.372 e. The molecule has 0 amide bonds. The Hall–Kier alpha value is -1.32. The van der Waals surface area contributed by atoms with Crippen molar-refractivity contribution in [1.29, 1.82) is 0 Å². The molecule has 74 valence electrons. The predicted octanol–water partition coefficient (Wildman–Crippen LogP) is 0.915. The van der Waals surface area contributed by atoms with Gasteiger partial charge in [-0.15, -0.1) is 0 Å². The van der Waals surface area contributed by atoms with Gasteiger partial charge in [0.15, 0.2) is 0 Å². The number of rotatable bonds is 4. The fourth-order valence-corrected chi connectivity index (χ4v) is 0.674. The van der Waals surface area contributed by atoms with E-state index >= 15 is 0 Å². The topological polar surface area (TPSA) is 52.6 Å². The van der Waals surface area contributed by atoms with Crippen molar-refractivity contribution in [3.05, 3.63) is 11.8 Å². The molecule has 0 fully saturated rings. The van der Waals surface area contributed by atoms with Crippen LogP contribution in [0, 0.1) is 5.41 Å². The number of aldehydes is 1. The third-order valence-corrected chi connectivity index (χ3v) is 1.41. The summed E-state index contributed by atoms with van der Waals surface area (Å²) in [6.07, 6.45) is 2.15. The fraction of sp³-hybridized carbons (Fsp3) is 0.556. The molecule has 0 spiro atoms. The van der Waals surface area contributed by atoms with Gasteiger partial charge in [0.25, 0.3) is 0 Å². The number of hydrogen-bond donors (Lipinski definition) is 0. The summed E-state index contributed by atoms with van der Waals surface area (Å²) < 4.78 is 9.21. The van der Waals surface area contributed by atoms with Gasteiger partial charge in [-0.25, -0.2) is 4.79 Å². The van der Waals surface area contributed by atoms with Gasteiger partial charge in [-0.3, -0.25) is 0 Å². The van der Waals surface area contributed by atoms with E-state index < -0.39 is 11.4 Å². The van der Waals surface area contributed by atoms with E-state index in [2.05, 4.69) is 4.74 Å². The second kappa shape index (κ2) is 4.64. The van der Waals surface area contributed by atoms with E-state index in [1.165, 1.54) is 20.3 Å². The van der Waals surface area contributed by atoms with Gasteiger partial charge < -0.3 is 14.3 Å². The summed E-state index contributed by atoms with van der Waals surface area (Å²) in [5.74, 6) is -0.544. The molecule has 0 aliphatic carbocycles. The molecule has 4 heteroatoms. The van der Waals surface area contributed by atoms with Gasteiger partial charge in [-0.1, -0.05) is 0 Å². The molecule has 0 saturated heterocycles. The average molecular weight is 186 g/mol. The standard InChI is InChI=1S/C9H14O4/c1-9(2,6-10)5-7(12-3)8(11)13-4/h5-6H,1-4H3/b7-5-. The van der Waals surface area contributed by atoms with Crippen LogP contribution >= 0.6 is 0 Å². The van der Waals surface area contributed by atoms with Gasteiger partial charge in [0.05, 0.1) is 14.2 Å². The van der Waals surface area contributed by atoms with Crippen LogP contribution in [0.15, 0.2) is 11.8 Å². The van der Waals surface area contributed by atoms with Crippen molar-refractivity contribution < 1.29 is 19.1 Å². The monoisotopic (exact) mass is 186 g/mol. The molecule has 0 aromatic carbocycles. The Morgan fingerprint density at radius 2 is 1.77 bits per heavy atom. The zero-order valence-electron chi connectivity index (χ0n) is 8.29. The van der Waals surface area contributed by atoms with Gasteiger partial charge in [0, 0.05) is 5.41 Å². The zero-order valence-corrected chi connectivity index (χ0v) is 8.29. The highest BCUT2D eigenvalue weighted by atomic mass is 16.6. The first-order chi connectivity index (χ1) is 5.96. The van der Waals surface area contributed by atoms with Crippen LogP contribution in [0.1, 0.15) is 13.8 Å². The molecule has 0 heterocycles. The third kappa shape index (κ3) is 3.73. The Morgan fingerprint density at radius 3 is 2.08 bits per heavy atom. The molecule has 0 bridgehead atoms. The summed E-state index contributed by atoms with van der Waals surface area (Å²) in [5, 5.41) is 0. The number of carbonyl (C=O) groups excluding carboxylic acids is 2. The van der Waals surface area contributed by atoms with Crippen LogP contribution in [0.3, 0.4) is 0 Å². The Bertz CT molecular complexity index is 228. The SMILES string of the molecule is COC(=O)/C(=C/C(C)(C)C=O)OC. The van der Waals surface area contributed by atoms with Crippen LogP contribution in [-0.2, 0) is 19.1 Å². The number of esters is 1. The Balaban J connectivity index is 4.75. The van der Waals surface area contributed by atoms with Crippen molar-refractivity contribution in [2.75, 3.05) is 14.2 Å². The lowest BCUT2D eigenvalue weighted by Gasteiger charge is -2.12. The van der Waals surface area contributed by atoms with E-state index in [-0.39, 0.29) is 5.76 Å². The largest absolute Gasteiger partial charge is 0.490 e. The Kier molecular flexibility index (Phi) is 4.17. The Labute approximate surface area is 77.5 Å². The van der Waals surface area contributed by atoms with E-state index in [0.29, 0.717) is 0 Å². The van der Waals surface area contributed by atoms with E-state index in [1.807, 2.05) is 0 Å². The maximum absolute atomic E-state index is 11.0. The quantitative estimate of drug-likeness (QED) is 0.283. The summed E-state index contributed by atoms with van der Waals surface area (Å²) in [4.78, 5) is 21.5. The van der Waals surface area contributed by atoms with Gasteiger partial charge in [-0.05, 0) is 19.9 Å². The molecule has 0 atom stereocenters. The normalized spacial score (nSPS) is 12.2. The van der Waals surface area contributed by atoms with Gasteiger partial charge >= 0.3 is 5.97 Å². The van der Waals surface area contributed by atoms with Crippen molar-refractivity contribution in [2.24, 2.45) is 5.41 Å². The summed E-state index contributed by atoms with van der Waals surface area (Å²) >= 11 is 0. The highest BCUT2D eigenvalue weighted by molar-refractivity contribution is 5.87. The minimum Gasteiger partial charge on any atom is -0.490 e. The second-order valence-electron chi connectivity index (χ2n) is 3.14. The van der Waals surface area contributed by atoms with Gasteiger partial charge in [-0.2, -0.15) is 0 Å². The minimum absolute atomic E-state index is 0.0413. The third-order valence-electron chi connectivity index (χ3n) is 1.41. The number of ether oxygens (including phenoxy) is 2. The molecule has 4 nitrogen and oxygen atoms in total. The van der Waals surface area contributed by atoms with Crippen LogP contribution in [0.4, 0.5) is 0 Å². The maximum atomic E-state index is 11.0. The van der Waals surface area contributed by atoms with E-state index in [4.69, 9.17) is 4.74 Å². The van der Waals surface area contributed by atoms with E-state index in [9.17, 15) is 9.59 Å². The molecule has 0 rings (SSSR count). The van der Waals surface area contributed by atoms with Crippen LogP contribution < -0.4 is 0 Å². The molecule has 13 heavy (non-hydrogen) atoms. The molecule has 0 aliphatic rings. The van der Waals surface area contributed by atoms with Crippen LogP contribution in [0.5, 0.6) is 0 Å². The molecule has 0 N–H and O–H groups in total. The first-order valence-electron chi connectivity index (χ1n) is 3.78. The molecule has 0 unspecified atom stereocenters. The lowest BCUT2D eigenvalue weighted by Crippen LogP contribution is -2.15. The molecular weight excluding hydrogens is 172 g/mol. The predicted molar refractivity (Wildman–Crippen MR) is 47.0 cm³/mol. The Morgan fingerprint density at radius 1 is 1.23 bits per heavy atom. The summed E-state index contributed by atoms with van der Waals surface area (Å²) in [7, 11) is 2.60. The van der Waals surface area contributed by atoms with Crippen LogP contribution in [-0.4, -0.2) is 26.5 Å². The zero-order chi connectivity index (χ0) is 10.5. The first kappa shape index (κ1) is 11.7. The summed E-state index contributed by atoms with van der Waals surface area (Å²) in [5.41, 5.74) is -0.723. The molecular formula is C9H14O4. The molecule has 0 aromatic rings. The molecule has 0 aromatic heterocycles. The number of allylic oxidation sites excluding steroid dienone is 1. The number of carbonyl (C=O) groups is 2. The minimum atomic E-state index is -0.723. The average Bonchev–Trinajstić information content (AvgIpc) is 2.13. The van der Waals surface area contributed by atoms with E-state index in [1.54, 1.807) is 13.8 Å². The maximum Gasteiger partial charge on any atom is 0.372 e. The van der Waals surface area contributed by atoms with Crippen LogP contribution in [0.25, 0.3) is 0 Å². The van der Waals surface area contributed by atoms with Crippen molar-refractivity contribution in [3.63, 3.8) is 0 Å². The summed E-state index contributed by atoms with van der Waals surface area (Å²) in [6.45, 7) is 3.34. The van der Waals surface area contributed by atoms with Crippen molar-refractivity contribution >= 4 is 12.3 Å². The lowest BCUT2D eigenvalue weighted by molar-refractivity contribution is -0.139. The fourth-order valence-electron chi connectivity index (χ4n) is 0.674.